The van der Waals surface area contributed by atoms with E-state index in [0.717, 1.165) is 12.8 Å². The van der Waals surface area contributed by atoms with E-state index in [2.05, 4.69) is 0 Å². The van der Waals surface area contributed by atoms with Crippen molar-refractivity contribution in [2.45, 2.75) is 70.0 Å². The van der Waals surface area contributed by atoms with Crippen LogP contribution >= 0.6 is 0 Å². The van der Waals surface area contributed by atoms with E-state index >= 15 is 0 Å². The van der Waals surface area contributed by atoms with Gasteiger partial charge in [-0.05, 0) is 32.6 Å². The summed E-state index contributed by atoms with van der Waals surface area (Å²) in [5.41, 5.74) is 0.120. The van der Waals surface area contributed by atoms with Crippen molar-refractivity contribution in [3.63, 3.8) is 0 Å². The number of rotatable bonds is 3. The Kier molecular flexibility index (Phi) is 3.85. The zero-order valence-electron chi connectivity index (χ0n) is 10.2. The molecule has 1 unspecified atom stereocenters. The third-order valence-corrected chi connectivity index (χ3v) is 3.80. The molecule has 2 aliphatic rings. The predicted molar refractivity (Wildman–Crippen MR) is 61.2 cm³/mol. The lowest BCUT2D eigenvalue weighted by Gasteiger charge is -2.33. The first kappa shape index (κ1) is 11.9. The predicted octanol–water partition coefficient (Wildman–Crippen LogP) is 2.82. The molecule has 2 fully saturated rings. The maximum Gasteiger partial charge on any atom is 0.308 e. The summed E-state index contributed by atoms with van der Waals surface area (Å²) in [4.78, 5) is 11.4. The summed E-state index contributed by atoms with van der Waals surface area (Å²) in [6.45, 7) is 2.31. The standard InChI is InChI=1S/C13H22O3/c1-2-15-12(14)10-11-6-9-13(16-11)7-4-3-5-8-13/h11H,2-10H2,1H3. The van der Waals surface area contributed by atoms with Gasteiger partial charge in [-0.1, -0.05) is 19.3 Å². The minimum atomic E-state index is -0.111. The van der Waals surface area contributed by atoms with E-state index in [0.29, 0.717) is 13.0 Å². The number of hydrogen-bond acceptors (Lipinski definition) is 3. The summed E-state index contributed by atoms with van der Waals surface area (Å²) >= 11 is 0. The Morgan fingerprint density at radius 1 is 1.31 bits per heavy atom. The Balaban J connectivity index is 1.80. The zero-order chi connectivity index (χ0) is 11.4. The Bertz CT molecular complexity index is 244. The number of ether oxygens (including phenoxy) is 2. The van der Waals surface area contributed by atoms with E-state index in [1.165, 1.54) is 32.1 Å². The van der Waals surface area contributed by atoms with Crippen molar-refractivity contribution >= 4 is 5.97 Å². The Morgan fingerprint density at radius 2 is 2.06 bits per heavy atom. The zero-order valence-corrected chi connectivity index (χ0v) is 10.2. The number of carbonyl (C=O) groups is 1. The maximum atomic E-state index is 11.4. The SMILES string of the molecule is CCOC(=O)CC1CCC2(CCCCC2)O1. The Hall–Kier alpha value is -0.570. The van der Waals surface area contributed by atoms with E-state index in [4.69, 9.17) is 9.47 Å². The lowest BCUT2D eigenvalue weighted by atomic mass is 9.83. The first-order valence-corrected chi connectivity index (χ1v) is 6.57. The first-order valence-electron chi connectivity index (χ1n) is 6.57. The van der Waals surface area contributed by atoms with Crippen LogP contribution in [0.2, 0.25) is 0 Å². The molecule has 3 heteroatoms. The molecule has 0 N–H and O–H groups in total. The van der Waals surface area contributed by atoms with E-state index < -0.39 is 0 Å². The summed E-state index contributed by atoms with van der Waals surface area (Å²) < 4.78 is 11.1. The van der Waals surface area contributed by atoms with Gasteiger partial charge in [0.05, 0.1) is 24.7 Å². The minimum absolute atomic E-state index is 0.108. The molecule has 0 aromatic rings. The molecule has 0 aromatic carbocycles. The molecule has 92 valence electrons. The Morgan fingerprint density at radius 3 is 2.75 bits per heavy atom. The van der Waals surface area contributed by atoms with E-state index in [1.807, 2.05) is 6.92 Å². The van der Waals surface area contributed by atoms with Crippen molar-refractivity contribution in [2.75, 3.05) is 6.61 Å². The third kappa shape index (κ3) is 2.76. The van der Waals surface area contributed by atoms with E-state index in [-0.39, 0.29) is 17.7 Å². The van der Waals surface area contributed by atoms with Crippen LogP contribution in [0.25, 0.3) is 0 Å². The number of hydrogen-bond donors (Lipinski definition) is 0. The molecule has 1 spiro atoms. The van der Waals surface area contributed by atoms with Crippen molar-refractivity contribution in [1.82, 2.24) is 0 Å². The van der Waals surface area contributed by atoms with Crippen LogP contribution in [0.15, 0.2) is 0 Å². The molecule has 1 heterocycles. The molecule has 1 atom stereocenters. The van der Waals surface area contributed by atoms with Crippen LogP contribution in [0, 0.1) is 0 Å². The summed E-state index contributed by atoms with van der Waals surface area (Å²) in [7, 11) is 0. The second-order valence-corrected chi connectivity index (χ2v) is 5.03. The summed E-state index contributed by atoms with van der Waals surface area (Å²) in [6.07, 6.45) is 8.99. The van der Waals surface area contributed by atoms with Gasteiger partial charge in [0.25, 0.3) is 0 Å². The fourth-order valence-corrected chi connectivity index (χ4v) is 3.01. The molecular formula is C13H22O3. The highest BCUT2D eigenvalue weighted by Crippen LogP contribution is 2.42. The van der Waals surface area contributed by atoms with Gasteiger partial charge in [-0.25, -0.2) is 0 Å². The van der Waals surface area contributed by atoms with Crippen molar-refractivity contribution in [3.05, 3.63) is 0 Å². The second kappa shape index (κ2) is 5.17. The van der Waals surface area contributed by atoms with Crippen LogP contribution in [-0.2, 0) is 14.3 Å². The molecule has 1 saturated heterocycles. The number of carbonyl (C=O) groups excluding carboxylic acids is 1. The quantitative estimate of drug-likeness (QED) is 0.694. The van der Waals surface area contributed by atoms with Gasteiger partial charge in [0.15, 0.2) is 0 Å². The molecular weight excluding hydrogens is 204 g/mol. The highest BCUT2D eigenvalue weighted by atomic mass is 16.5. The van der Waals surface area contributed by atoms with Gasteiger partial charge in [-0.2, -0.15) is 0 Å². The molecule has 0 radical (unpaired) electrons. The molecule has 16 heavy (non-hydrogen) atoms. The van der Waals surface area contributed by atoms with Gasteiger partial charge in [0.2, 0.25) is 0 Å². The van der Waals surface area contributed by atoms with Crippen LogP contribution in [0.1, 0.15) is 58.3 Å². The highest BCUT2D eigenvalue weighted by molar-refractivity contribution is 5.69. The number of esters is 1. The molecule has 1 aliphatic carbocycles. The topological polar surface area (TPSA) is 35.5 Å². The third-order valence-electron chi connectivity index (χ3n) is 3.80. The maximum absolute atomic E-state index is 11.4. The Labute approximate surface area is 97.5 Å². The van der Waals surface area contributed by atoms with Crippen molar-refractivity contribution < 1.29 is 14.3 Å². The lowest BCUT2D eigenvalue weighted by molar-refractivity contribution is -0.148. The van der Waals surface area contributed by atoms with Crippen molar-refractivity contribution in [3.8, 4) is 0 Å². The highest BCUT2D eigenvalue weighted by Gasteiger charge is 2.41. The van der Waals surface area contributed by atoms with E-state index in [1.54, 1.807) is 0 Å². The molecule has 3 nitrogen and oxygen atoms in total. The second-order valence-electron chi connectivity index (χ2n) is 5.03. The normalized spacial score (nSPS) is 28.2. The van der Waals surface area contributed by atoms with Crippen molar-refractivity contribution in [2.24, 2.45) is 0 Å². The molecule has 0 amide bonds. The van der Waals surface area contributed by atoms with Crippen LogP contribution in [0.5, 0.6) is 0 Å². The van der Waals surface area contributed by atoms with Gasteiger partial charge >= 0.3 is 5.97 Å². The largest absolute Gasteiger partial charge is 0.466 e. The average Bonchev–Trinajstić information content (AvgIpc) is 2.63. The minimum Gasteiger partial charge on any atom is -0.466 e. The summed E-state index contributed by atoms with van der Waals surface area (Å²) in [5.74, 6) is -0.111. The first-order chi connectivity index (χ1) is 7.74. The molecule has 1 saturated carbocycles. The monoisotopic (exact) mass is 226 g/mol. The van der Waals surface area contributed by atoms with Crippen molar-refractivity contribution in [1.29, 1.82) is 0 Å². The van der Waals surface area contributed by atoms with E-state index in [9.17, 15) is 4.79 Å². The van der Waals surface area contributed by atoms with Crippen LogP contribution < -0.4 is 0 Å². The van der Waals surface area contributed by atoms with Gasteiger partial charge in [-0.3, -0.25) is 4.79 Å². The molecule has 0 bridgehead atoms. The van der Waals surface area contributed by atoms with Gasteiger partial charge in [0, 0.05) is 0 Å². The fraction of sp³-hybridized carbons (Fsp3) is 0.923. The lowest BCUT2D eigenvalue weighted by Crippen LogP contribution is -2.32. The molecule has 2 rings (SSSR count). The molecule has 1 aliphatic heterocycles. The van der Waals surface area contributed by atoms with Gasteiger partial charge in [-0.15, -0.1) is 0 Å². The summed E-state index contributed by atoms with van der Waals surface area (Å²) in [5, 5.41) is 0. The smallest absolute Gasteiger partial charge is 0.308 e. The van der Waals surface area contributed by atoms with Crippen LogP contribution in [0.4, 0.5) is 0 Å². The van der Waals surface area contributed by atoms with Crippen LogP contribution in [-0.4, -0.2) is 24.3 Å². The van der Waals surface area contributed by atoms with Gasteiger partial charge < -0.3 is 9.47 Å². The van der Waals surface area contributed by atoms with Crippen LogP contribution in [0.3, 0.4) is 0 Å². The average molecular weight is 226 g/mol. The summed E-state index contributed by atoms with van der Waals surface area (Å²) in [6, 6.07) is 0. The van der Waals surface area contributed by atoms with Gasteiger partial charge in [0.1, 0.15) is 0 Å². The fourth-order valence-electron chi connectivity index (χ4n) is 3.01. The molecule has 0 aromatic heterocycles.